The van der Waals surface area contributed by atoms with Gasteiger partial charge in [-0.15, -0.1) is 0 Å². The van der Waals surface area contributed by atoms with E-state index in [9.17, 15) is 0 Å². The van der Waals surface area contributed by atoms with Gasteiger partial charge in [-0.1, -0.05) is 29.8 Å². The lowest BCUT2D eigenvalue weighted by Crippen LogP contribution is -2.01. The van der Waals surface area contributed by atoms with Gasteiger partial charge in [0.25, 0.3) is 0 Å². The van der Waals surface area contributed by atoms with Crippen molar-refractivity contribution in [2.75, 3.05) is 5.32 Å². The zero-order chi connectivity index (χ0) is 16.9. The van der Waals surface area contributed by atoms with Gasteiger partial charge in [0.1, 0.15) is 0 Å². The Bertz CT molecular complexity index is 821. The Morgan fingerprint density at radius 3 is 2.38 bits per heavy atom. The first kappa shape index (κ1) is 16.7. The standard InChI is InChI=1S/C17H16ClN5S/c1-11-2-8-14(9-3-11)24-17-22-15(18)21-16(23-17)20-13-6-4-12(10-19)5-7-13/h2-9H,10,19H2,1H3,(H,20,21,22,23). The van der Waals surface area contributed by atoms with Crippen LogP contribution in [-0.4, -0.2) is 15.0 Å². The van der Waals surface area contributed by atoms with E-state index in [1.54, 1.807) is 0 Å². The zero-order valence-corrected chi connectivity index (χ0v) is 14.6. The van der Waals surface area contributed by atoms with Gasteiger partial charge < -0.3 is 11.1 Å². The van der Waals surface area contributed by atoms with Crippen molar-refractivity contribution in [2.45, 2.75) is 23.5 Å². The van der Waals surface area contributed by atoms with Crippen molar-refractivity contribution in [3.8, 4) is 0 Å². The number of nitrogens with zero attached hydrogens (tertiary/aromatic N) is 3. The van der Waals surface area contributed by atoms with E-state index in [1.807, 2.05) is 55.5 Å². The number of hydrogen-bond acceptors (Lipinski definition) is 6. The minimum atomic E-state index is 0.153. The molecule has 0 aliphatic heterocycles. The number of rotatable bonds is 5. The molecule has 7 heteroatoms. The molecule has 3 aromatic rings. The van der Waals surface area contributed by atoms with Gasteiger partial charge in [-0.25, -0.2) is 0 Å². The highest BCUT2D eigenvalue weighted by molar-refractivity contribution is 7.99. The van der Waals surface area contributed by atoms with E-state index in [0.717, 1.165) is 16.1 Å². The molecule has 0 saturated carbocycles. The number of aromatic nitrogens is 3. The van der Waals surface area contributed by atoms with E-state index in [2.05, 4.69) is 20.3 Å². The summed E-state index contributed by atoms with van der Waals surface area (Å²) in [5, 5.41) is 3.83. The average molecular weight is 358 g/mol. The molecule has 0 bridgehead atoms. The van der Waals surface area contributed by atoms with Crippen LogP contribution >= 0.6 is 23.4 Å². The van der Waals surface area contributed by atoms with Gasteiger partial charge in [0, 0.05) is 17.1 Å². The van der Waals surface area contributed by atoms with E-state index in [4.69, 9.17) is 17.3 Å². The fourth-order valence-corrected chi connectivity index (χ4v) is 2.96. The topological polar surface area (TPSA) is 76.7 Å². The average Bonchev–Trinajstić information content (AvgIpc) is 2.57. The number of nitrogens with one attached hydrogen (secondary N) is 1. The van der Waals surface area contributed by atoms with Gasteiger partial charge in [0.05, 0.1) is 0 Å². The maximum Gasteiger partial charge on any atom is 0.232 e. The van der Waals surface area contributed by atoms with Crippen LogP contribution in [-0.2, 0) is 6.54 Å². The largest absolute Gasteiger partial charge is 0.326 e. The molecule has 3 rings (SSSR count). The monoisotopic (exact) mass is 357 g/mol. The Balaban J connectivity index is 1.78. The molecule has 5 nitrogen and oxygen atoms in total. The summed E-state index contributed by atoms with van der Waals surface area (Å²) in [6.45, 7) is 2.56. The number of benzene rings is 2. The van der Waals surface area contributed by atoms with Gasteiger partial charge in [-0.2, -0.15) is 15.0 Å². The Hall–Kier alpha value is -2.15. The minimum absolute atomic E-state index is 0.153. The molecule has 2 aromatic carbocycles. The molecule has 0 aliphatic rings. The van der Waals surface area contributed by atoms with E-state index in [-0.39, 0.29) is 5.28 Å². The zero-order valence-electron chi connectivity index (χ0n) is 13.0. The van der Waals surface area contributed by atoms with Crippen LogP contribution in [0, 0.1) is 6.92 Å². The van der Waals surface area contributed by atoms with Crippen LogP contribution in [0.25, 0.3) is 0 Å². The molecule has 0 unspecified atom stereocenters. The summed E-state index contributed by atoms with van der Waals surface area (Å²) in [5.74, 6) is 0.408. The van der Waals surface area contributed by atoms with E-state index >= 15 is 0 Å². The molecule has 0 spiro atoms. The fraction of sp³-hybridized carbons (Fsp3) is 0.118. The number of aryl methyl sites for hydroxylation is 1. The van der Waals surface area contributed by atoms with E-state index in [0.29, 0.717) is 17.6 Å². The van der Waals surface area contributed by atoms with Crippen molar-refractivity contribution in [3.05, 3.63) is 64.9 Å². The number of halogens is 1. The van der Waals surface area contributed by atoms with Crippen molar-refractivity contribution < 1.29 is 0 Å². The summed E-state index contributed by atoms with van der Waals surface area (Å²) in [6, 6.07) is 15.9. The molecular weight excluding hydrogens is 342 g/mol. The maximum atomic E-state index is 6.02. The highest BCUT2D eigenvalue weighted by Gasteiger charge is 2.07. The molecule has 0 amide bonds. The van der Waals surface area contributed by atoms with Crippen molar-refractivity contribution >= 4 is 35.0 Å². The van der Waals surface area contributed by atoms with Crippen LogP contribution in [0.1, 0.15) is 11.1 Å². The van der Waals surface area contributed by atoms with Crippen LogP contribution in [0.4, 0.5) is 11.6 Å². The molecular formula is C17H16ClN5S. The Morgan fingerprint density at radius 2 is 1.71 bits per heavy atom. The normalized spacial score (nSPS) is 10.6. The molecule has 3 N–H and O–H groups in total. The lowest BCUT2D eigenvalue weighted by atomic mass is 10.2. The molecule has 122 valence electrons. The van der Waals surface area contributed by atoms with Gasteiger partial charge in [0.2, 0.25) is 11.2 Å². The van der Waals surface area contributed by atoms with Crippen LogP contribution in [0.3, 0.4) is 0 Å². The van der Waals surface area contributed by atoms with Crippen LogP contribution in [0.2, 0.25) is 5.28 Å². The molecule has 1 heterocycles. The van der Waals surface area contributed by atoms with Gasteiger partial charge in [-0.3, -0.25) is 0 Å². The predicted molar refractivity (Wildman–Crippen MR) is 97.8 cm³/mol. The third-order valence-corrected chi connectivity index (χ3v) is 4.31. The summed E-state index contributed by atoms with van der Waals surface area (Å²) in [6.07, 6.45) is 0. The SMILES string of the molecule is Cc1ccc(Sc2nc(Cl)nc(Nc3ccc(CN)cc3)n2)cc1. The van der Waals surface area contributed by atoms with Crippen molar-refractivity contribution in [1.29, 1.82) is 0 Å². The smallest absolute Gasteiger partial charge is 0.232 e. The van der Waals surface area contributed by atoms with Crippen LogP contribution in [0.15, 0.2) is 58.6 Å². The lowest BCUT2D eigenvalue weighted by molar-refractivity contribution is 0.912. The first-order valence-electron chi connectivity index (χ1n) is 7.34. The minimum Gasteiger partial charge on any atom is -0.326 e. The Morgan fingerprint density at radius 1 is 1.00 bits per heavy atom. The predicted octanol–water partition coefficient (Wildman–Crippen LogP) is 4.19. The second-order valence-electron chi connectivity index (χ2n) is 5.15. The number of nitrogens with two attached hydrogens (primary N) is 1. The summed E-state index contributed by atoms with van der Waals surface area (Å²) >= 11 is 7.46. The summed E-state index contributed by atoms with van der Waals surface area (Å²) < 4.78 is 0. The molecule has 0 aliphatic carbocycles. The van der Waals surface area contributed by atoms with Crippen LogP contribution < -0.4 is 11.1 Å². The summed E-state index contributed by atoms with van der Waals surface area (Å²) in [4.78, 5) is 13.7. The Labute approximate surface area is 149 Å². The third kappa shape index (κ3) is 4.44. The molecule has 24 heavy (non-hydrogen) atoms. The van der Waals surface area contributed by atoms with Gasteiger partial charge in [-0.05, 0) is 60.1 Å². The molecule has 1 aromatic heterocycles. The lowest BCUT2D eigenvalue weighted by Gasteiger charge is -2.07. The third-order valence-electron chi connectivity index (χ3n) is 3.26. The Kier molecular flexibility index (Phi) is 5.30. The van der Waals surface area contributed by atoms with Gasteiger partial charge >= 0.3 is 0 Å². The van der Waals surface area contributed by atoms with Crippen molar-refractivity contribution in [3.63, 3.8) is 0 Å². The van der Waals surface area contributed by atoms with E-state index < -0.39 is 0 Å². The summed E-state index contributed by atoms with van der Waals surface area (Å²) in [7, 11) is 0. The van der Waals surface area contributed by atoms with E-state index in [1.165, 1.54) is 17.3 Å². The number of anilines is 2. The molecule has 0 saturated heterocycles. The van der Waals surface area contributed by atoms with Crippen LogP contribution in [0.5, 0.6) is 0 Å². The van der Waals surface area contributed by atoms with Crippen molar-refractivity contribution in [2.24, 2.45) is 5.73 Å². The second kappa shape index (κ2) is 7.61. The maximum absolute atomic E-state index is 6.02. The van der Waals surface area contributed by atoms with Gasteiger partial charge in [0.15, 0.2) is 5.16 Å². The first-order valence-corrected chi connectivity index (χ1v) is 8.54. The molecule has 0 atom stereocenters. The summed E-state index contributed by atoms with van der Waals surface area (Å²) in [5.41, 5.74) is 8.73. The first-order chi connectivity index (χ1) is 11.6. The second-order valence-corrected chi connectivity index (χ2v) is 6.53. The fourth-order valence-electron chi connectivity index (χ4n) is 2.00. The highest BCUT2D eigenvalue weighted by Crippen LogP contribution is 2.26. The molecule has 0 fully saturated rings. The highest BCUT2D eigenvalue weighted by atomic mass is 35.5. The molecule has 0 radical (unpaired) electrons. The number of hydrogen-bond donors (Lipinski definition) is 2. The quantitative estimate of drug-likeness (QED) is 0.713. The van der Waals surface area contributed by atoms with Crippen molar-refractivity contribution in [1.82, 2.24) is 15.0 Å².